The molecule has 0 radical (unpaired) electrons. The number of quaternary nitrogens is 1. The van der Waals surface area contributed by atoms with Crippen molar-refractivity contribution in [3.8, 4) is 0 Å². The first-order valence-corrected chi connectivity index (χ1v) is 10.2. The van der Waals surface area contributed by atoms with Crippen LogP contribution in [-0.4, -0.2) is 49.4 Å². The molecule has 2 amide bonds. The SMILES string of the molecule is Cc1cc(C)c(NC(=O)C[NH+](C)[C@H](C)C(=O)N(C)C2CCCCC2)c(C)c1. The number of aryl methyl sites for hydroxylation is 3. The van der Waals surface area contributed by atoms with Gasteiger partial charge in [-0.2, -0.15) is 0 Å². The molecular weight excluding hydrogens is 338 g/mol. The van der Waals surface area contributed by atoms with Crippen LogP contribution in [0, 0.1) is 20.8 Å². The van der Waals surface area contributed by atoms with Crippen LogP contribution in [0.4, 0.5) is 5.69 Å². The molecule has 0 aromatic heterocycles. The van der Waals surface area contributed by atoms with Gasteiger partial charge in [-0.3, -0.25) is 9.59 Å². The summed E-state index contributed by atoms with van der Waals surface area (Å²) in [6.45, 7) is 8.28. The summed E-state index contributed by atoms with van der Waals surface area (Å²) in [4.78, 5) is 28.2. The Morgan fingerprint density at radius 1 is 1.15 bits per heavy atom. The lowest BCUT2D eigenvalue weighted by molar-refractivity contribution is -0.886. The Morgan fingerprint density at radius 3 is 2.26 bits per heavy atom. The molecule has 5 nitrogen and oxygen atoms in total. The summed E-state index contributed by atoms with van der Waals surface area (Å²) in [5, 5.41) is 3.04. The topological polar surface area (TPSA) is 53.9 Å². The minimum atomic E-state index is -0.233. The summed E-state index contributed by atoms with van der Waals surface area (Å²) in [6.07, 6.45) is 5.88. The van der Waals surface area contributed by atoms with Crippen molar-refractivity contribution in [3.63, 3.8) is 0 Å². The maximum absolute atomic E-state index is 12.8. The average molecular weight is 375 g/mol. The molecule has 0 aliphatic heterocycles. The van der Waals surface area contributed by atoms with Crippen LogP contribution in [0.2, 0.25) is 0 Å². The lowest BCUT2D eigenvalue weighted by Crippen LogP contribution is -3.15. The Kier molecular flexibility index (Phi) is 7.42. The summed E-state index contributed by atoms with van der Waals surface area (Å²) in [6, 6.07) is 4.27. The molecule has 1 aliphatic carbocycles. The van der Waals surface area contributed by atoms with Crippen LogP contribution < -0.4 is 10.2 Å². The van der Waals surface area contributed by atoms with Crippen molar-refractivity contribution in [3.05, 3.63) is 28.8 Å². The Hall–Kier alpha value is -1.88. The Bertz CT molecular complexity index is 657. The second-order valence-electron chi connectivity index (χ2n) is 8.31. The molecule has 1 aromatic carbocycles. The number of anilines is 1. The third-order valence-electron chi connectivity index (χ3n) is 5.96. The van der Waals surface area contributed by atoms with Gasteiger partial charge in [-0.15, -0.1) is 0 Å². The second kappa shape index (κ2) is 9.36. The van der Waals surface area contributed by atoms with E-state index in [1.165, 1.54) is 24.8 Å². The number of nitrogens with zero attached hydrogens (tertiary/aromatic N) is 1. The van der Waals surface area contributed by atoms with E-state index >= 15 is 0 Å². The van der Waals surface area contributed by atoms with E-state index in [1.807, 2.05) is 39.8 Å². The van der Waals surface area contributed by atoms with Crippen molar-refractivity contribution < 1.29 is 14.5 Å². The molecule has 5 heteroatoms. The summed E-state index contributed by atoms with van der Waals surface area (Å²) < 4.78 is 0. The van der Waals surface area contributed by atoms with Gasteiger partial charge in [0.15, 0.2) is 12.6 Å². The maximum Gasteiger partial charge on any atom is 0.280 e. The molecule has 1 aromatic rings. The Labute approximate surface area is 164 Å². The fourth-order valence-corrected chi connectivity index (χ4v) is 4.13. The van der Waals surface area contributed by atoms with Gasteiger partial charge in [-0.25, -0.2) is 0 Å². The molecule has 0 saturated heterocycles. The zero-order chi connectivity index (χ0) is 20.1. The number of carbonyl (C=O) groups excluding carboxylic acids is 2. The molecule has 2 atom stereocenters. The van der Waals surface area contributed by atoms with E-state index in [0.29, 0.717) is 6.04 Å². The largest absolute Gasteiger partial charge is 0.338 e. The first kappa shape index (κ1) is 21.4. The number of hydrogen-bond acceptors (Lipinski definition) is 2. The first-order chi connectivity index (χ1) is 12.7. The predicted octanol–water partition coefficient (Wildman–Crippen LogP) is 2.24. The maximum atomic E-state index is 12.8. The summed E-state index contributed by atoms with van der Waals surface area (Å²) in [7, 11) is 3.84. The average Bonchev–Trinajstić information content (AvgIpc) is 2.63. The van der Waals surface area contributed by atoms with E-state index in [0.717, 1.165) is 34.6 Å². The van der Waals surface area contributed by atoms with Crippen LogP contribution in [0.5, 0.6) is 0 Å². The highest BCUT2D eigenvalue weighted by molar-refractivity contribution is 5.93. The van der Waals surface area contributed by atoms with Crippen molar-refractivity contribution in [2.24, 2.45) is 0 Å². The van der Waals surface area contributed by atoms with Gasteiger partial charge >= 0.3 is 0 Å². The first-order valence-electron chi connectivity index (χ1n) is 10.2. The number of rotatable bonds is 6. The lowest BCUT2D eigenvalue weighted by Gasteiger charge is -2.33. The highest BCUT2D eigenvalue weighted by Gasteiger charge is 2.30. The smallest absolute Gasteiger partial charge is 0.280 e. The zero-order valence-electron chi connectivity index (χ0n) is 17.8. The van der Waals surface area contributed by atoms with E-state index in [2.05, 4.69) is 24.4 Å². The molecule has 1 fully saturated rings. The van der Waals surface area contributed by atoms with Crippen molar-refractivity contribution in [2.75, 3.05) is 26.0 Å². The molecule has 150 valence electrons. The van der Waals surface area contributed by atoms with Crippen molar-refractivity contribution in [2.45, 2.75) is 71.9 Å². The van der Waals surface area contributed by atoms with Gasteiger partial charge in [0.05, 0.1) is 7.05 Å². The van der Waals surface area contributed by atoms with Crippen LogP contribution >= 0.6 is 0 Å². The van der Waals surface area contributed by atoms with Crippen LogP contribution in [0.15, 0.2) is 12.1 Å². The number of nitrogens with one attached hydrogen (secondary N) is 2. The Morgan fingerprint density at radius 2 is 1.70 bits per heavy atom. The second-order valence-corrected chi connectivity index (χ2v) is 8.31. The molecule has 2 N–H and O–H groups in total. The normalized spacial score (nSPS) is 17.3. The van der Waals surface area contributed by atoms with Gasteiger partial charge in [-0.05, 0) is 51.7 Å². The van der Waals surface area contributed by atoms with E-state index in [4.69, 9.17) is 0 Å². The van der Waals surface area contributed by atoms with Gasteiger partial charge < -0.3 is 15.1 Å². The minimum absolute atomic E-state index is 0.0532. The molecule has 1 aliphatic rings. The summed E-state index contributed by atoms with van der Waals surface area (Å²) >= 11 is 0. The quantitative estimate of drug-likeness (QED) is 0.802. The molecule has 0 heterocycles. The third kappa shape index (κ3) is 5.55. The van der Waals surface area contributed by atoms with Crippen LogP contribution in [-0.2, 0) is 9.59 Å². The molecule has 27 heavy (non-hydrogen) atoms. The molecular formula is C22H36N3O2+. The number of likely N-dealkylation sites (N-methyl/N-ethyl adjacent to an activating group) is 2. The number of carbonyl (C=O) groups is 2. The van der Waals surface area contributed by atoms with Gasteiger partial charge in [-0.1, -0.05) is 37.0 Å². The van der Waals surface area contributed by atoms with E-state index in [-0.39, 0.29) is 24.4 Å². The number of amides is 2. The standard InChI is InChI=1S/C22H35N3O2/c1-15-12-16(2)21(17(3)13-15)23-20(26)14-24(5)18(4)22(27)25(6)19-10-8-7-9-11-19/h12-13,18-19H,7-11,14H2,1-6H3,(H,23,26)/p+1/t18-/m1/s1. The molecule has 1 saturated carbocycles. The predicted molar refractivity (Wildman–Crippen MR) is 110 cm³/mol. The van der Waals surface area contributed by atoms with E-state index in [1.54, 1.807) is 0 Å². The van der Waals surface area contributed by atoms with Gasteiger partial charge in [0, 0.05) is 18.8 Å². The molecule has 0 bridgehead atoms. The fraction of sp³-hybridized carbons (Fsp3) is 0.636. The van der Waals surface area contributed by atoms with Crippen molar-refractivity contribution in [1.82, 2.24) is 4.90 Å². The van der Waals surface area contributed by atoms with Gasteiger partial charge in [0.25, 0.3) is 11.8 Å². The van der Waals surface area contributed by atoms with Gasteiger partial charge in [0.1, 0.15) is 0 Å². The molecule has 0 spiro atoms. The van der Waals surface area contributed by atoms with Crippen LogP contribution in [0.1, 0.15) is 55.7 Å². The van der Waals surface area contributed by atoms with E-state index in [9.17, 15) is 9.59 Å². The Balaban J connectivity index is 1.94. The third-order valence-corrected chi connectivity index (χ3v) is 5.96. The fourth-order valence-electron chi connectivity index (χ4n) is 4.13. The van der Waals surface area contributed by atoms with Crippen molar-refractivity contribution >= 4 is 17.5 Å². The highest BCUT2D eigenvalue weighted by atomic mass is 16.2. The van der Waals surface area contributed by atoms with Crippen molar-refractivity contribution in [1.29, 1.82) is 0 Å². The molecule has 1 unspecified atom stereocenters. The molecule has 2 rings (SSSR count). The summed E-state index contributed by atoms with van der Waals surface area (Å²) in [5.74, 6) is 0.0809. The monoisotopic (exact) mass is 374 g/mol. The number of hydrogen-bond donors (Lipinski definition) is 2. The van der Waals surface area contributed by atoms with Crippen LogP contribution in [0.3, 0.4) is 0 Å². The highest BCUT2D eigenvalue weighted by Crippen LogP contribution is 2.22. The lowest BCUT2D eigenvalue weighted by atomic mass is 9.94. The van der Waals surface area contributed by atoms with Gasteiger partial charge in [0.2, 0.25) is 0 Å². The zero-order valence-corrected chi connectivity index (χ0v) is 17.8. The van der Waals surface area contributed by atoms with E-state index < -0.39 is 0 Å². The number of benzene rings is 1. The summed E-state index contributed by atoms with van der Waals surface area (Å²) in [5.41, 5.74) is 4.21. The minimum Gasteiger partial charge on any atom is -0.338 e. The van der Waals surface area contributed by atoms with Crippen LogP contribution in [0.25, 0.3) is 0 Å².